The van der Waals surface area contributed by atoms with Crippen LogP contribution in [-0.2, 0) is 9.05 Å². The van der Waals surface area contributed by atoms with Gasteiger partial charge in [0.1, 0.15) is 4.21 Å². The Morgan fingerprint density at radius 1 is 0.944 bits per heavy atom. The Hall–Kier alpha value is -0.880. The van der Waals surface area contributed by atoms with Crippen LogP contribution in [0.15, 0.2) is 46.7 Å². The first-order chi connectivity index (χ1) is 8.54. The highest BCUT2D eigenvalue weighted by molar-refractivity contribution is 8.15. The lowest BCUT2D eigenvalue weighted by Gasteiger charge is -1.88. The molecule has 0 aliphatic heterocycles. The zero-order valence-electron chi connectivity index (χ0n) is 8.96. The van der Waals surface area contributed by atoms with Gasteiger partial charge in [-0.25, -0.2) is 8.42 Å². The maximum atomic E-state index is 11.2. The number of halogens is 1. The normalized spacial score (nSPS) is 12.1. The lowest BCUT2D eigenvalue weighted by Crippen LogP contribution is -1.82. The molecular weight excluding hydrogens is 308 g/mol. The second kappa shape index (κ2) is 4.35. The molecule has 0 saturated heterocycles. The van der Waals surface area contributed by atoms with Crippen molar-refractivity contribution in [2.45, 2.75) is 4.21 Å². The molecule has 0 radical (unpaired) electrons. The minimum Gasteiger partial charge on any atom is -0.206 e. The number of thiophene rings is 2. The number of benzene rings is 1. The molecule has 92 valence electrons. The average molecular weight is 315 g/mol. The van der Waals surface area contributed by atoms with E-state index in [1.165, 1.54) is 21.4 Å². The van der Waals surface area contributed by atoms with Crippen molar-refractivity contribution in [3.8, 4) is 9.75 Å². The van der Waals surface area contributed by atoms with Crippen molar-refractivity contribution < 1.29 is 8.42 Å². The molecule has 0 fully saturated rings. The molecule has 3 aromatic rings. The average Bonchev–Trinajstić information content (AvgIpc) is 2.94. The quantitative estimate of drug-likeness (QED) is 0.650. The Kier molecular flexibility index (Phi) is 2.94. The Bertz CT molecular complexity index is 782. The second-order valence-electron chi connectivity index (χ2n) is 3.71. The van der Waals surface area contributed by atoms with Gasteiger partial charge in [-0.2, -0.15) is 0 Å². The molecule has 0 N–H and O–H groups in total. The van der Waals surface area contributed by atoms with E-state index >= 15 is 0 Å². The third-order valence-corrected chi connectivity index (χ3v) is 6.98. The van der Waals surface area contributed by atoms with E-state index in [1.807, 2.05) is 18.2 Å². The highest BCUT2D eigenvalue weighted by Gasteiger charge is 2.14. The Balaban J connectivity index is 2.12. The molecule has 0 unspecified atom stereocenters. The number of hydrogen-bond donors (Lipinski definition) is 0. The Morgan fingerprint density at radius 2 is 1.72 bits per heavy atom. The fraction of sp³-hybridized carbons (Fsp3) is 0. The predicted molar refractivity (Wildman–Crippen MR) is 78.2 cm³/mol. The van der Waals surface area contributed by atoms with Crippen LogP contribution in [-0.4, -0.2) is 8.42 Å². The van der Waals surface area contributed by atoms with Crippen molar-refractivity contribution in [3.05, 3.63) is 42.5 Å². The first kappa shape index (κ1) is 12.2. The first-order valence-corrected chi connectivity index (χ1v) is 9.02. The van der Waals surface area contributed by atoms with Gasteiger partial charge in [-0.3, -0.25) is 0 Å². The second-order valence-corrected chi connectivity index (χ2v) is 8.67. The number of fused-ring (bicyclic) bond motifs is 1. The summed E-state index contributed by atoms with van der Waals surface area (Å²) in [6, 6.07) is 13.5. The molecular formula is C12H7ClO2S3. The molecule has 6 heteroatoms. The summed E-state index contributed by atoms with van der Waals surface area (Å²) in [6.45, 7) is 0. The summed E-state index contributed by atoms with van der Waals surface area (Å²) >= 11 is 2.85. The van der Waals surface area contributed by atoms with Crippen LogP contribution in [0, 0.1) is 0 Å². The fourth-order valence-corrected chi connectivity index (χ4v) is 4.90. The number of rotatable bonds is 2. The van der Waals surface area contributed by atoms with E-state index in [4.69, 9.17) is 10.7 Å². The largest absolute Gasteiger partial charge is 0.270 e. The van der Waals surface area contributed by atoms with Gasteiger partial charge in [0.05, 0.1) is 0 Å². The van der Waals surface area contributed by atoms with E-state index in [-0.39, 0.29) is 4.21 Å². The van der Waals surface area contributed by atoms with Gasteiger partial charge >= 0.3 is 0 Å². The molecule has 0 saturated carbocycles. The molecule has 0 amide bonds. The lowest BCUT2D eigenvalue weighted by atomic mass is 10.2. The standard InChI is InChI=1S/C12H7ClO2S3/c13-18(14,15)12-6-5-10(17-12)11-7-8-3-1-2-4-9(8)16-11/h1-7H. The van der Waals surface area contributed by atoms with Crippen molar-refractivity contribution in [1.29, 1.82) is 0 Å². The zero-order chi connectivity index (χ0) is 12.8. The van der Waals surface area contributed by atoms with Crippen LogP contribution < -0.4 is 0 Å². The zero-order valence-corrected chi connectivity index (χ0v) is 12.2. The van der Waals surface area contributed by atoms with Crippen molar-refractivity contribution in [2.24, 2.45) is 0 Å². The lowest BCUT2D eigenvalue weighted by molar-refractivity contribution is 0.611. The number of hydrogen-bond acceptors (Lipinski definition) is 4. The minimum atomic E-state index is -3.62. The van der Waals surface area contributed by atoms with Crippen LogP contribution >= 0.6 is 33.4 Å². The van der Waals surface area contributed by atoms with Crippen LogP contribution in [0.5, 0.6) is 0 Å². The monoisotopic (exact) mass is 314 g/mol. The fourth-order valence-electron chi connectivity index (χ4n) is 1.69. The summed E-state index contributed by atoms with van der Waals surface area (Å²) in [5.74, 6) is 0. The highest BCUT2D eigenvalue weighted by Crippen LogP contribution is 2.38. The third kappa shape index (κ3) is 2.19. The van der Waals surface area contributed by atoms with Gasteiger partial charge in [0.2, 0.25) is 0 Å². The molecule has 1 aromatic carbocycles. The summed E-state index contributed by atoms with van der Waals surface area (Å²) in [7, 11) is 1.70. The minimum absolute atomic E-state index is 0.191. The van der Waals surface area contributed by atoms with Gasteiger partial charge in [0.25, 0.3) is 9.05 Å². The molecule has 2 aromatic heterocycles. The molecule has 2 nitrogen and oxygen atoms in total. The van der Waals surface area contributed by atoms with E-state index in [0.717, 1.165) is 9.75 Å². The topological polar surface area (TPSA) is 34.1 Å². The molecule has 0 spiro atoms. The SMILES string of the molecule is O=S(=O)(Cl)c1ccc(-c2cc3ccccc3s2)s1. The Morgan fingerprint density at radius 3 is 2.39 bits per heavy atom. The molecule has 0 aliphatic rings. The van der Waals surface area contributed by atoms with E-state index in [0.29, 0.717) is 0 Å². The third-order valence-electron chi connectivity index (χ3n) is 2.49. The van der Waals surface area contributed by atoms with Gasteiger partial charge < -0.3 is 0 Å². The molecule has 0 aliphatic carbocycles. The maximum absolute atomic E-state index is 11.2. The van der Waals surface area contributed by atoms with E-state index in [9.17, 15) is 8.42 Å². The van der Waals surface area contributed by atoms with Gasteiger partial charge in [-0.1, -0.05) is 18.2 Å². The molecule has 18 heavy (non-hydrogen) atoms. The van der Waals surface area contributed by atoms with E-state index in [2.05, 4.69) is 12.1 Å². The summed E-state index contributed by atoms with van der Waals surface area (Å²) in [5, 5.41) is 1.17. The van der Waals surface area contributed by atoms with Crippen molar-refractivity contribution >= 4 is 52.5 Å². The van der Waals surface area contributed by atoms with Gasteiger partial charge in [0, 0.05) is 25.1 Å². The van der Waals surface area contributed by atoms with Gasteiger partial charge in [-0.15, -0.1) is 22.7 Å². The van der Waals surface area contributed by atoms with E-state index < -0.39 is 9.05 Å². The van der Waals surface area contributed by atoms with Crippen LogP contribution in [0.2, 0.25) is 0 Å². The Labute approximate surface area is 117 Å². The molecule has 2 heterocycles. The van der Waals surface area contributed by atoms with Crippen LogP contribution in [0.1, 0.15) is 0 Å². The molecule has 3 rings (SSSR count). The summed E-state index contributed by atoms with van der Waals surface area (Å²) in [6.07, 6.45) is 0. The summed E-state index contributed by atoms with van der Waals surface area (Å²) < 4.78 is 23.8. The van der Waals surface area contributed by atoms with Crippen LogP contribution in [0.4, 0.5) is 0 Å². The summed E-state index contributed by atoms with van der Waals surface area (Å²) in [4.78, 5) is 1.99. The van der Waals surface area contributed by atoms with Gasteiger partial charge in [0.15, 0.2) is 0 Å². The van der Waals surface area contributed by atoms with E-state index in [1.54, 1.807) is 23.5 Å². The predicted octanol–water partition coefficient (Wildman–Crippen LogP) is 4.56. The first-order valence-electron chi connectivity index (χ1n) is 5.07. The van der Waals surface area contributed by atoms with Gasteiger partial charge in [-0.05, 0) is 29.7 Å². The van der Waals surface area contributed by atoms with Crippen LogP contribution in [0.3, 0.4) is 0 Å². The van der Waals surface area contributed by atoms with Crippen molar-refractivity contribution in [2.75, 3.05) is 0 Å². The smallest absolute Gasteiger partial charge is 0.206 e. The van der Waals surface area contributed by atoms with Crippen molar-refractivity contribution in [3.63, 3.8) is 0 Å². The van der Waals surface area contributed by atoms with Crippen molar-refractivity contribution in [1.82, 2.24) is 0 Å². The van der Waals surface area contributed by atoms with Crippen LogP contribution in [0.25, 0.3) is 19.8 Å². The summed E-state index contributed by atoms with van der Waals surface area (Å²) in [5.41, 5.74) is 0. The molecule has 0 atom stereocenters. The maximum Gasteiger partial charge on any atom is 0.270 e. The highest BCUT2D eigenvalue weighted by atomic mass is 35.7. The molecule has 0 bridgehead atoms.